The van der Waals surface area contributed by atoms with Gasteiger partial charge >= 0.3 is 5.97 Å². The van der Waals surface area contributed by atoms with Crippen LogP contribution in [0.4, 0.5) is 0 Å². The molecule has 0 aliphatic rings. The van der Waals surface area contributed by atoms with E-state index >= 15 is 0 Å². The van der Waals surface area contributed by atoms with Crippen molar-refractivity contribution in [3.8, 4) is 0 Å². The SMILES string of the molecule is C=CC=CCC(=O)OCC(Cl)(Cl)Cl. The molecule has 0 aromatic heterocycles. The third-order valence-corrected chi connectivity index (χ3v) is 1.28. The Morgan fingerprint density at radius 2 is 2.08 bits per heavy atom. The van der Waals surface area contributed by atoms with Crippen molar-refractivity contribution in [1.29, 1.82) is 0 Å². The lowest BCUT2D eigenvalue weighted by molar-refractivity contribution is -0.142. The highest BCUT2D eigenvalue weighted by Crippen LogP contribution is 2.25. The van der Waals surface area contributed by atoms with E-state index in [2.05, 4.69) is 11.3 Å². The Balaban J connectivity index is 3.64. The Bertz CT molecular complexity index is 206. The quantitative estimate of drug-likeness (QED) is 0.431. The van der Waals surface area contributed by atoms with Crippen molar-refractivity contribution in [2.24, 2.45) is 0 Å². The zero-order chi connectivity index (χ0) is 10.3. The maximum Gasteiger partial charge on any atom is 0.309 e. The first-order valence-corrected chi connectivity index (χ1v) is 4.59. The van der Waals surface area contributed by atoms with Crippen molar-refractivity contribution >= 4 is 40.8 Å². The third kappa shape index (κ3) is 9.74. The van der Waals surface area contributed by atoms with Crippen LogP contribution in [-0.4, -0.2) is 16.4 Å². The molecule has 0 saturated carbocycles. The fraction of sp³-hybridized carbons (Fsp3) is 0.375. The number of halogens is 3. The molecule has 0 aliphatic carbocycles. The topological polar surface area (TPSA) is 26.3 Å². The van der Waals surface area contributed by atoms with Crippen molar-refractivity contribution in [3.63, 3.8) is 0 Å². The number of allylic oxidation sites excluding steroid dienone is 2. The zero-order valence-electron chi connectivity index (χ0n) is 6.80. The summed E-state index contributed by atoms with van der Waals surface area (Å²) in [4.78, 5) is 10.9. The van der Waals surface area contributed by atoms with Crippen molar-refractivity contribution < 1.29 is 9.53 Å². The van der Waals surface area contributed by atoms with E-state index < -0.39 is 9.76 Å². The van der Waals surface area contributed by atoms with E-state index in [4.69, 9.17) is 34.8 Å². The molecule has 5 heteroatoms. The molecular formula is C8H9Cl3O2. The Morgan fingerprint density at radius 1 is 1.46 bits per heavy atom. The van der Waals surface area contributed by atoms with Crippen LogP contribution in [0.15, 0.2) is 24.8 Å². The summed E-state index contributed by atoms with van der Waals surface area (Å²) in [6.07, 6.45) is 4.94. The van der Waals surface area contributed by atoms with Gasteiger partial charge in [0.25, 0.3) is 0 Å². The van der Waals surface area contributed by atoms with Crippen LogP contribution in [0.3, 0.4) is 0 Å². The highest BCUT2D eigenvalue weighted by molar-refractivity contribution is 6.67. The fourth-order valence-corrected chi connectivity index (χ4v) is 0.645. The van der Waals surface area contributed by atoms with E-state index in [9.17, 15) is 4.79 Å². The van der Waals surface area contributed by atoms with E-state index in [1.807, 2.05) is 0 Å². The van der Waals surface area contributed by atoms with Gasteiger partial charge in [-0.15, -0.1) is 0 Å². The molecule has 0 rings (SSSR count). The van der Waals surface area contributed by atoms with Crippen LogP contribution in [0.5, 0.6) is 0 Å². The molecule has 0 spiro atoms. The predicted molar refractivity (Wildman–Crippen MR) is 55.2 cm³/mol. The first kappa shape index (κ1) is 12.8. The lowest BCUT2D eigenvalue weighted by Crippen LogP contribution is -2.16. The number of carbonyl (C=O) groups is 1. The highest BCUT2D eigenvalue weighted by Gasteiger charge is 2.21. The molecule has 0 saturated heterocycles. The normalized spacial score (nSPS) is 11.6. The molecule has 0 aliphatic heterocycles. The number of rotatable bonds is 4. The molecule has 0 atom stereocenters. The van der Waals surface area contributed by atoms with Gasteiger partial charge in [0, 0.05) is 0 Å². The van der Waals surface area contributed by atoms with Crippen molar-refractivity contribution in [3.05, 3.63) is 24.8 Å². The Morgan fingerprint density at radius 3 is 2.54 bits per heavy atom. The molecular weight excluding hydrogens is 234 g/mol. The number of alkyl halides is 3. The second-order valence-corrected chi connectivity index (χ2v) is 4.66. The van der Waals surface area contributed by atoms with Gasteiger partial charge in [0.1, 0.15) is 6.61 Å². The summed E-state index contributed by atoms with van der Waals surface area (Å²) in [5.74, 6) is -0.440. The van der Waals surface area contributed by atoms with Gasteiger partial charge < -0.3 is 4.74 Å². The lowest BCUT2D eigenvalue weighted by Gasteiger charge is -2.10. The average molecular weight is 244 g/mol. The number of hydrogen-bond donors (Lipinski definition) is 0. The van der Waals surface area contributed by atoms with Gasteiger partial charge in [-0.1, -0.05) is 59.6 Å². The Hall–Kier alpha value is -0.180. The van der Waals surface area contributed by atoms with Gasteiger partial charge in [0.05, 0.1) is 6.42 Å². The first-order chi connectivity index (χ1) is 5.95. The largest absolute Gasteiger partial charge is 0.461 e. The zero-order valence-corrected chi connectivity index (χ0v) is 9.07. The molecule has 0 unspecified atom stereocenters. The number of hydrogen-bond acceptors (Lipinski definition) is 2. The highest BCUT2D eigenvalue weighted by atomic mass is 35.6. The minimum Gasteiger partial charge on any atom is -0.461 e. The van der Waals surface area contributed by atoms with E-state index in [-0.39, 0.29) is 13.0 Å². The van der Waals surface area contributed by atoms with Crippen LogP contribution in [0, 0.1) is 0 Å². The molecule has 13 heavy (non-hydrogen) atoms. The molecule has 0 aromatic rings. The van der Waals surface area contributed by atoms with E-state index in [1.165, 1.54) is 0 Å². The van der Waals surface area contributed by atoms with Crippen molar-refractivity contribution in [1.82, 2.24) is 0 Å². The molecule has 0 heterocycles. The molecule has 0 bridgehead atoms. The lowest BCUT2D eigenvalue weighted by atomic mass is 10.4. The first-order valence-electron chi connectivity index (χ1n) is 3.45. The van der Waals surface area contributed by atoms with Crippen molar-refractivity contribution in [2.75, 3.05) is 6.61 Å². The predicted octanol–water partition coefficient (Wildman–Crippen LogP) is 3.03. The van der Waals surface area contributed by atoms with Gasteiger partial charge in [0.2, 0.25) is 3.79 Å². The minimum atomic E-state index is -1.54. The van der Waals surface area contributed by atoms with Crippen LogP contribution in [0.25, 0.3) is 0 Å². The molecule has 0 aromatic carbocycles. The number of esters is 1. The van der Waals surface area contributed by atoms with Gasteiger partial charge in [-0.2, -0.15) is 0 Å². The van der Waals surface area contributed by atoms with Gasteiger partial charge in [-0.05, 0) is 0 Å². The second kappa shape index (κ2) is 6.30. The van der Waals surface area contributed by atoms with Gasteiger partial charge in [0.15, 0.2) is 0 Å². The minimum absolute atomic E-state index is 0.146. The summed E-state index contributed by atoms with van der Waals surface area (Å²) >= 11 is 16.1. The number of carbonyl (C=O) groups excluding carboxylic acids is 1. The Kier molecular flexibility index (Phi) is 6.21. The fourth-order valence-electron chi connectivity index (χ4n) is 0.482. The molecule has 0 radical (unpaired) electrons. The summed E-state index contributed by atoms with van der Waals surface area (Å²) in [6.45, 7) is 3.20. The summed E-state index contributed by atoms with van der Waals surface area (Å²) < 4.78 is 3.09. The molecule has 0 amide bonds. The maximum atomic E-state index is 10.9. The molecule has 0 fully saturated rings. The molecule has 74 valence electrons. The van der Waals surface area contributed by atoms with Crippen LogP contribution >= 0.6 is 34.8 Å². The van der Waals surface area contributed by atoms with Crippen LogP contribution in [0.2, 0.25) is 0 Å². The average Bonchev–Trinajstić information content (AvgIpc) is 2.00. The standard InChI is InChI=1S/C8H9Cl3O2/c1-2-3-4-5-7(12)13-6-8(9,10)11/h2-4H,1,5-6H2. The monoisotopic (exact) mass is 242 g/mol. The molecule has 0 N–H and O–H groups in total. The van der Waals surface area contributed by atoms with Crippen molar-refractivity contribution in [2.45, 2.75) is 10.2 Å². The molecule has 2 nitrogen and oxygen atoms in total. The number of ether oxygens (including phenoxy) is 1. The maximum absolute atomic E-state index is 10.9. The van der Waals surface area contributed by atoms with E-state index in [0.29, 0.717) is 0 Å². The van der Waals surface area contributed by atoms with Crippen LogP contribution in [0.1, 0.15) is 6.42 Å². The summed E-state index contributed by atoms with van der Waals surface area (Å²) in [6, 6.07) is 0. The Labute approximate surface area is 92.1 Å². The third-order valence-electron chi connectivity index (χ3n) is 0.954. The van der Waals surface area contributed by atoms with Gasteiger partial charge in [-0.3, -0.25) is 4.79 Å². The summed E-state index contributed by atoms with van der Waals surface area (Å²) in [7, 11) is 0. The second-order valence-electron chi connectivity index (χ2n) is 2.14. The smallest absolute Gasteiger partial charge is 0.309 e. The van der Waals surface area contributed by atoms with Crippen LogP contribution in [-0.2, 0) is 9.53 Å². The van der Waals surface area contributed by atoms with E-state index in [0.717, 1.165) is 0 Å². The van der Waals surface area contributed by atoms with E-state index in [1.54, 1.807) is 18.2 Å². The summed E-state index contributed by atoms with van der Waals surface area (Å²) in [5, 5.41) is 0. The van der Waals surface area contributed by atoms with Gasteiger partial charge in [-0.25, -0.2) is 0 Å². The summed E-state index contributed by atoms with van der Waals surface area (Å²) in [5.41, 5.74) is 0. The van der Waals surface area contributed by atoms with Crippen LogP contribution < -0.4 is 0 Å².